The summed E-state index contributed by atoms with van der Waals surface area (Å²) in [4.78, 5) is 0. The zero-order chi connectivity index (χ0) is 9.23. The minimum Gasteiger partial charge on any atom is -0.302 e. The van der Waals surface area contributed by atoms with E-state index in [0.29, 0.717) is 0 Å². The van der Waals surface area contributed by atoms with Crippen molar-refractivity contribution in [1.82, 2.24) is 10.6 Å². The number of unbranched alkanes of at least 4 members (excludes halogenated alkanes) is 2. The molecule has 0 aromatic rings. The van der Waals surface area contributed by atoms with E-state index in [1.54, 1.807) is 0 Å². The van der Waals surface area contributed by atoms with E-state index >= 15 is 0 Å². The molecule has 0 rings (SSSR count). The first-order valence-corrected chi connectivity index (χ1v) is 5.11. The summed E-state index contributed by atoms with van der Waals surface area (Å²) >= 11 is 0. The lowest BCUT2D eigenvalue weighted by Crippen LogP contribution is -2.40. The second kappa shape index (κ2) is 9.01. The van der Waals surface area contributed by atoms with Crippen LogP contribution in [0.15, 0.2) is 0 Å². The van der Waals surface area contributed by atoms with E-state index in [4.69, 9.17) is 0 Å². The van der Waals surface area contributed by atoms with Gasteiger partial charge in [-0.05, 0) is 32.9 Å². The molecular weight excluding hydrogens is 148 g/mol. The summed E-state index contributed by atoms with van der Waals surface area (Å²) in [6.07, 6.45) is 5.19. The number of hydrogen-bond acceptors (Lipinski definition) is 2. The van der Waals surface area contributed by atoms with Crippen molar-refractivity contribution in [1.29, 1.82) is 0 Å². The van der Waals surface area contributed by atoms with Crippen LogP contribution in [-0.2, 0) is 0 Å². The lowest BCUT2D eigenvalue weighted by atomic mass is 10.3. The van der Waals surface area contributed by atoms with E-state index in [0.717, 1.165) is 13.1 Å². The standard InChI is InChI=1S/C10H23N2/c1-4-6-8-11-10(3)12-9-7-5-2/h10-12H,3-9H2,1-2H3. The summed E-state index contributed by atoms with van der Waals surface area (Å²) in [6, 6.07) is 0. The van der Waals surface area contributed by atoms with Gasteiger partial charge in [0.2, 0.25) is 0 Å². The highest BCUT2D eigenvalue weighted by atomic mass is 15.1. The van der Waals surface area contributed by atoms with Crippen molar-refractivity contribution in [3.8, 4) is 0 Å². The molecule has 2 N–H and O–H groups in total. The van der Waals surface area contributed by atoms with E-state index in [2.05, 4.69) is 31.4 Å². The Hall–Kier alpha value is -0.0800. The van der Waals surface area contributed by atoms with Gasteiger partial charge in [0, 0.05) is 0 Å². The second-order valence-corrected chi connectivity index (χ2v) is 3.17. The van der Waals surface area contributed by atoms with Gasteiger partial charge in [-0.15, -0.1) is 0 Å². The predicted molar refractivity (Wildman–Crippen MR) is 55.0 cm³/mol. The van der Waals surface area contributed by atoms with Crippen LogP contribution in [0, 0.1) is 6.92 Å². The molecule has 12 heavy (non-hydrogen) atoms. The van der Waals surface area contributed by atoms with E-state index in [1.807, 2.05) is 0 Å². The van der Waals surface area contributed by atoms with Gasteiger partial charge in [-0.3, -0.25) is 0 Å². The summed E-state index contributed by atoms with van der Waals surface area (Å²) in [7, 11) is 0. The van der Waals surface area contributed by atoms with Crippen molar-refractivity contribution in [3.63, 3.8) is 0 Å². The largest absolute Gasteiger partial charge is 0.302 e. The highest BCUT2D eigenvalue weighted by Crippen LogP contribution is 1.86. The molecule has 0 saturated heterocycles. The Morgan fingerprint density at radius 1 is 1.00 bits per heavy atom. The topological polar surface area (TPSA) is 24.1 Å². The maximum Gasteiger partial charge on any atom is 0.0572 e. The van der Waals surface area contributed by atoms with Crippen LogP contribution in [0.2, 0.25) is 0 Å². The number of rotatable bonds is 8. The summed E-state index contributed by atoms with van der Waals surface area (Å²) in [5.41, 5.74) is 0. The van der Waals surface area contributed by atoms with Gasteiger partial charge in [0.15, 0.2) is 0 Å². The Bertz CT molecular complexity index is 73.9. The number of hydrogen-bond donors (Lipinski definition) is 2. The Kier molecular flexibility index (Phi) is 8.95. The summed E-state index contributed by atoms with van der Waals surface area (Å²) < 4.78 is 0. The van der Waals surface area contributed by atoms with Gasteiger partial charge >= 0.3 is 0 Å². The van der Waals surface area contributed by atoms with Gasteiger partial charge in [0.05, 0.1) is 6.17 Å². The Morgan fingerprint density at radius 2 is 1.42 bits per heavy atom. The lowest BCUT2D eigenvalue weighted by Gasteiger charge is -2.14. The minimum absolute atomic E-state index is 0.225. The van der Waals surface area contributed by atoms with Crippen molar-refractivity contribution in [2.24, 2.45) is 0 Å². The average Bonchev–Trinajstić information content (AvgIpc) is 2.06. The molecular formula is C10H23N2. The van der Waals surface area contributed by atoms with Crippen LogP contribution < -0.4 is 10.6 Å². The van der Waals surface area contributed by atoms with Gasteiger partial charge < -0.3 is 10.6 Å². The molecule has 0 amide bonds. The van der Waals surface area contributed by atoms with E-state index in [9.17, 15) is 0 Å². The molecule has 2 heteroatoms. The molecule has 0 aliphatic rings. The molecule has 0 spiro atoms. The van der Waals surface area contributed by atoms with Crippen molar-refractivity contribution in [2.45, 2.75) is 45.7 Å². The molecule has 0 heterocycles. The third-order valence-corrected chi connectivity index (χ3v) is 1.84. The van der Waals surface area contributed by atoms with Crippen molar-refractivity contribution < 1.29 is 0 Å². The quantitative estimate of drug-likeness (QED) is 0.431. The van der Waals surface area contributed by atoms with Crippen molar-refractivity contribution >= 4 is 0 Å². The smallest absolute Gasteiger partial charge is 0.0572 e. The van der Waals surface area contributed by atoms with Crippen LogP contribution in [-0.4, -0.2) is 19.3 Å². The van der Waals surface area contributed by atoms with Crippen LogP contribution in [0.3, 0.4) is 0 Å². The average molecular weight is 171 g/mol. The van der Waals surface area contributed by atoms with Gasteiger partial charge in [-0.25, -0.2) is 0 Å². The Balaban J connectivity index is 3.04. The SMILES string of the molecule is [CH2]C(NCCCC)NCCCC. The van der Waals surface area contributed by atoms with E-state index in [-0.39, 0.29) is 6.17 Å². The first-order chi connectivity index (χ1) is 5.81. The molecule has 0 aromatic carbocycles. The second-order valence-electron chi connectivity index (χ2n) is 3.17. The molecule has 0 atom stereocenters. The molecule has 73 valence electrons. The minimum atomic E-state index is 0.225. The summed E-state index contributed by atoms with van der Waals surface area (Å²) in [6.45, 7) is 10.5. The Morgan fingerprint density at radius 3 is 1.75 bits per heavy atom. The monoisotopic (exact) mass is 171 g/mol. The van der Waals surface area contributed by atoms with E-state index < -0.39 is 0 Å². The molecule has 2 nitrogen and oxygen atoms in total. The van der Waals surface area contributed by atoms with Crippen LogP contribution in [0.25, 0.3) is 0 Å². The summed E-state index contributed by atoms with van der Waals surface area (Å²) in [5.74, 6) is 0. The fourth-order valence-corrected chi connectivity index (χ4v) is 0.978. The molecule has 1 radical (unpaired) electrons. The molecule has 0 saturated carbocycles. The van der Waals surface area contributed by atoms with E-state index in [1.165, 1.54) is 25.7 Å². The fourth-order valence-electron chi connectivity index (χ4n) is 0.978. The van der Waals surface area contributed by atoms with Crippen LogP contribution in [0.4, 0.5) is 0 Å². The van der Waals surface area contributed by atoms with Gasteiger partial charge in [0.1, 0.15) is 0 Å². The van der Waals surface area contributed by atoms with Crippen LogP contribution >= 0.6 is 0 Å². The molecule has 0 unspecified atom stereocenters. The summed E-state index contributed by atoms with van der Waals surface area (Å²) in [5, 5.41) is 6.64. The maximum absolute atomic E-state index is 3.96. The van der Waals surface area contributed by atoms with Gasteiger partial charge in [-0.1, -0.05) is 26.7 Å². The molecule has 0 fully saturated rings. The van der Waals surface area contributed by atoms with Crippen LogP contribution in [0.1, 0.15) is 39.5 Å². The van der Waals surface area contributed by atoms with Crippen LogP contribution in [0.5, 0.6) is 0 Å². The molecule has 0 bridgehead atoms. The predicted octanol–water partition coefficient (Wildman–Crippen LogP) is 1.93. The highest BCUT2D eigenvalue weighted by Gasteiger charge is 1.96. The third-order valence-electron chi connectivity index (χ3n) is 1.84. The fraction of sp³-hybridized carbons (Fsp3) is 0.900. The Labute approximate surface area is 77.1 Å². The number of nitrogens with one attached hydrogen (secondary N) is 2. The zero-order valence-corrected chi connectivity index (χ0v) is 8.53. The van der Waals surface area contributed by atoms with Gasteiger partial charge in [0.25, 0.3) is 0 Å². The zero-order valence-electron chi connectivity index (χ0n) is 8.53. The third kappa shape index (κ3) is 8.02. The highest BCUT2D eigenvalue weighted by molar-refractivity contribution is 4.65. The van der Waals surface area contributed by atoms with Crippen molar-refractivity contribution in [3.05, 3.63) is 6.92 Å². The maximum atomic E-state index is 3.96. The molecule has 0 aliphatic carbocycles. The lowest BCUT2D eigenvalue weighted by molar-refractivity contribution is 0.475. The van der Waals surface area contributed by atoms with Gasteiger partial charge in [-0.2, -0.15) is 0 Å². The first-order valence-electron chi connectivity index (χ1n) is 5.11. The normalized spacial score (nSPS) is 11.0. The molecule has 0 aliphatic heterocycles. The first kappa shape index (κ1) is 11.9. The van der Waals surface area contributed by atoms with Crippen molar-refractivity contribution in [2.75, 3.05) is 13.1 Å². The molecule has 0 aromatic heterocycles.